The number of carbonyl (C=O) groups excluding carboxylic acids is 1. The van der Waals surface area contributed by atoms with Crippen molar-refractivity contribution in [1.29, 1.82) is 0 Å². The zero-order chi connectivity index (χ0) is 12.3. The molecule has 0 aromatic carbocycles. The average Bonchev–Trinajstić information content (AvgIpc) is 2.73. The Labute approximate surface area is 105 Å². The minimum atomic E-state index is -0.306. The number of carbonyl (C=O) groups is 1. The largest absolute Gasteiger partial charge is 0.351 e. The zero-order valence-electron chi connectivity index (χ0n) is 9.98. The Hall–Kier alpha value is -1.14. The number of piperidine rings is 1. The summed E-state index contributed by atoms with van der Waals surface area (Å²) >= 11 is 1.69. The molecular weight excluding hydrogens is 236 g/mol. The van der Waals surface area contributed by atoms with Crippen LogP contribution in [-0.4, -0.2) is 35.0 Å². The second kappa shape index (κ2) is 5.46. The Kier molecular flexibility index (Phi) is 3.96. The van der Waals surface area contributed by atoms with E-state index in [4.69, 9.17) is 5.73 Å². The Morgan fingerprint density at radius 2 is 2.35 bits per heavy atom. The predicted molar refractivity (Wildman–Crippen MR) is 67.9 cm³/mol. The number of thiazole rings is 1. The first-order valence-electron chi connectivity index (χ1n) is 5.84. The molecule has 6 heteroatoms. The van der Waals surface area contributed by atoms with Gasteiger partial charge in [-0.05, 0) is 19.8 Å². The van der Waals surface area contributed by atoms with Crippen molar-refractivity contribution >= 4 is 17.4 Å². The van der Waals surface area contributed by atoms with Crippen molar-refractivity contribution in [2.45, 2.75) is 32.4 Å². The van der Waals surface area contributed by atoms with Crippen LogP contribution in [0.2, 0.25) is 0 Å². The molecule has 0 bridgehead atoms. The normalized spacial score (nSPS) is 17.4. The van der Waals surface area contributed by atoms with E-state index in [1.165, 1.54) is 0 Å². The quantitative estimate of drug-likeness (QED) is 0.848. The van der Waals surface area contributed by atoms with Gasteiger partial charge in [0.1, 0.15) is 5.01 Å². The molecule has 5 nitrogen and oxygen atoms in total. The summed E-state index contributed by atoms with van der Waals surface area (Å²) in [5, 5.41) is 6.67. The molecule has 17 heavy (non-hydrogen) atoms. The number of hydrogen-bond donors (Lipinski definition) is 2. The number of likely N-dealkylation sites (tertiary alicyclic amines) is 1. The number of aryl methyl sites for hydroxylation is 1. The van der Waals surface area contributed by atoms with Crippen molar-refractivity contribution in [3.05, 3.63) is 16.1 Å². The molecule has 1 saturated heterocycles. The van der Waals surface area contributed by atoms with Gasteiger partial charge in [0.05, 0.1) is 0 Å². The molecule has 2 amide bonds. The second-order valence-corrected chi connectivity index (χ2v) is 5.31. The molecule has 1 aromatic heterocycles. The van der Waals surface area contributed by atoms with Crippen LogP contribution in [0, 0.1) is 6.92 Å². The highest BCUT2D eigenvalue weighted by Gasteiger charge is 2.20. The lowest BCUT2D eigenvalue weighted by Crippen LogP contribution is -2.46. The molecule has 2 rings (SSSR count). The van der Waals surface area contributed by atoms with Gasteiger partial charge in [-0.25, -0.2) is 9.78 Å². The summed E-state index contributed by atoms with van der Waals surface area (Å²) < 4.78 is 0. The molecule has 1 fully saturated rings. The molecule has 0 unspecified atom stereocenters. The van der Waals surface area contributed by atoms with E-state index in [-0.39, 0.29) is 6.03 Å². The number of primary amides is 1. The molecule has 2 heterocycles. The lowest BCUT2D eigenvalue weighted by atomic mass is 10.1. The van der Waals surface area contributed by atoms with Crippen LogP contribution in [0.15, 0.2) is 5.38 Å². The fraction of sp³-hybridized carbons (Fsp3) is 0.636. The number of aromatic nitrogens is 1. The molecule has 0 atom stereocenters. The molecule has 1 aromatic rings. The van der Waals surface area contributed by atoms with E-state index < -0.39 is 0 Å². The van der Waals surface area contributed by atoms with Crippen LogP contribution in [0.3, 0.4) is 0 Å². The van der Waals surface area contributed by atoms with Crippen LogP contribution in [0.1, 0.15) is 23.5 Å². The SMILES string of the molecule is Cc1csc(CNC2CCN(C(N)=O)CC2)n1. The Balaban J connectivity index is 1.73. The first-order valence-corrected chi connectivity index (χ1v) is 6.72. The molecule has 94 valence electrons. The fourth-order valence-corrected chi connectivity index (χ4v) is 2.74. The Bertz CT molecular complexity index is 385. The number of nitrogens with two attached hydrogens (primary N) is 1. The Morgan fingerprint density at radius 1 is 1.65 bits per heavy atom. The molecule has 0 aliphatic carbocycles. The van der Waals surface area contributed by atoms with Gasteiger partial charge >= 0.3 is 6.03 Å². The van der Waals surface area contributed by atoms with Gasteiger partial charge in [-0.2, -0.15) is 0 Å². The standard InChI is InChI=1S/C11H18N4OS/c1-8-7-17-10(14-8)6-13-9-2-4-15(5-3-9)11(12)16/h7,9,13H,2-6H2,1H3,(H2,12,16). The molecule has 0 spiro atoms. The van der Waals surface area contributed by atoms with Gasteiger partial charge in [0.15, 0.2) is 0 Å². The minimum absolute atomic E-state index is 0.306. The van der Waals surface area contributed by atoms with Gasteiger partial charge in [0.25, 0.3) is 0 Å². The van der Waals surface area contributed by atoms with E-state index in [9.17, 15) is 4.79 Å². The third-order valence-electron chi connectivity index (χ3n) is 3.02. The van der Waals surface area contributed by atoms with E-state index in [1.807, 2.05) is 6.92 Å². The summed E-state index contributed by atoms with van der Waals surface area (Å²) in [5.41, 5.74) is 6.32. The first kappa shape index (κ1) is 12.3. The first-order chi connectivity index (χ1) is 8.15. The monoisotopic (exact) mass is 254 g/mol. The van der Waals surface area contributed by atoms with Gasteiger partial charge in [0, 0.05) is 36.8 Å². The van der Waals surface area contributed by atoms with Gasteiger partial charge in [-0.3, -0.25) is 0 Å². The van der Waals surface area contributed by atoms with Crippen LogP contribution in [0.25, 0.3) is 0 Å². The van der Waals surface area contributed by atoms with Crippen LogP contribution < -0.4 is 11.1 Å². The fourth-order valence-electron chi connectivity index (χ4n) is 2.02. The van der Waals surface area contributed by atoms with Crippen molar-refractivity contribution < 1.29 is 4.79 Å². The van der Waals surface area contributed by atoms with E-state index in [2.05, 4.69) is 15.7 Å². The third kappa shape index (κ3) is 3.41. The topological polar surface area (TPSA) is 71.2 Å². The number of hydrogen-bond acceptors (Lipinski definition) is 4. The van der Waals surface area contributed by atoms with Gasteiger partial charge in [-0.15, -0.1) is 11.3 Å². The van der Waals surface area contributed by atoms with Crippen molar-refractivity contribution in [3.63, 3.8) is 0 Å². The molecule has 0 saturated carbocycles. The van der Waals surface area contributed by atoms with E-state index in [0.717, 1.165) is 43.2 Å². The summed E-state index contributed by atoms with van der Waals surface area (Å²) in [4.78, 5) is 17.1. The van der Waals surface area contributed by atoms with Crippen LogP contribution in [0.5, 0.6) is 0 Å². The smallest absolute Gasteiger partial charge is 0.314 e. The predicted octanol–water partition coefficient (Wildman–Crippen LogP) is 1.08. The highest BCUT2D eigenvalue weighted by molar-refractivity contribution is 7.09. The molecule has 0 radical (unpaired) electrons. The van der Waals surface area contributed by atoms with Crippen molar-refractivity contribution in [1.82, 2.24) is 15.2 Å². The van der Waals surface area contributed by atoms with Gasteiger partial charge in [-0.1, -0.05) is 0 Å². The molecule has 1 aliphatic rings. The van der Waals surface area contributed by atoms with Crippen LogP contribution >= 0.6 is 11.3 Å². The van der Waals surface area contributed by atoms with Crippen LogP contribution in [0.4, 0.5) is 4.79 Å². The number of nitrogens with zero attached hydrogens (tertiary/aromatic N) is 2. The van der Waals surface area contributed by atoms with Crippen LogP contribution in [-0.2, 0) is 6.54 Å². The summed E-state index contributed by atoms with van der Waals surface area (Å²) in [6.07, 6.45) is 1.93. The highest BCUT2D eigenvalue weighted by Crippen LogP contribution is 2.12. The van der Waals surface area contributed by atoms with Gasteiger partial charge in [0.2, 0.25) is 0 Å². The lowest BCUT2D eigenvalue weighted by Gasteiger charge is -2.31. The maximum atomic E-state index is 11.0. The Morgan fingerprint density at radius 3 is 2.88 bits per heavy atom. The molecule has 1 aliphatic heterocycles. The highest BCUT2D eigenvalue weighted by atomic mass is 32.1. The van der Waals surface area contributed by atoms with Crippen molar-refractivity contribution in [2.75, 3.05) is 13.1 Å². The number of nitrogens with one attached hydrogen (secondary N) is 1. The second-order valence-electron chi connectivity index (χ2n) is 4.36. The van der Waals surface area contributed by atoms with Crippen molar-refractivity contribution in [2.24, 2.45) is 5.73 Å². The number of amides is 2. The van der Waals surface area contributed by atoms with Gasteiger partial charge < -0.3 is 16.0 Å². The summed E-state index contributed by atoms with van der Waals surface area (Å²) in [5.74, 6) is 0. The maximum Gasteiger partial charge on any atom is 0.314 e. The van der Waals surface area contributed by atoms with E-state index in [0.29, 0.717) is 6.04 Å². The summed E-state index contributed by atoms with van der Waals surface area (Å²) in [7, 11) is 0. The zero-order valence-corrected chi connectivity index (χ0v) is 10.8. The maximum absolute atomic E-state index is 11.0. The average molecular weight is 254 g/mol. The van der Waals surface area contributed by atoms with E-state index >= 15 is 0 Å². The number of rotatable bonds is 3. The summed E-state index contributed by atoms with van der Waals surface area (Å²) in [6, 6.07) is 0.161. The third-order valence-corrected chi connectivity index (χ3v) is 3.98. The lowest BCUT2D eigenvalue weighted by molar-refractivity contribution is 0.185. The van der Waals surface area contributed by atoms with Crippen molar-refractivity contribution in [3.8, 4) is 0 Å². The van der Waals surface area contributed by atoms with E-state index in [1.54, 1.807) is 16.2 Å². The molecular formula is C11H18N4OS. The summed E-state index contributed by atoms with van der Waals surface area (Å²) in [6.45, 7) is 4.33. The molecule has 3 N–H and O–H groups in total. The minimum Gasteiger partial charge on any atom is -0.351 e. The number of urea groups is 1.